The van der Waals surface area contributed by atoms with E-state index < -0.39 is 21.2 Å². The summed E-state index contributed by atoms with van der Waals surface area (Å²) in [4.78, 5) is 13.0. The molecule has 0 unspecified atom stereocenters. The highest BCUT2D eigenvalue weighted by Crippen LogP contribution is 2.45. The molecule has 5 nitrogen and oxygen atoms in total. The molecule has 1 N–H and O–H groups in total. The third-order valence-corrected chi connectivity index (χ3v) is 8.44. The molecule has 2 aliphatic rings. The molecule has 1 aromatic heterocycles. The minimum absolute atomic E-state index is 0.146. The van der Waals surface area contributed by atoms with Gasteiger partial charge in [0, 0.05) is 18.1 Å². The summed E-state index contributed by atoms with van der Waals surface area (Å²) in [6.45, 7) is 7.50. The van der Waals surface area contributed by atoms with Gasteiger partial charge in [-0.05, 0) is 92.5 Å². The van der Waals surface area contributed by atoms with Crippen molar-refractivity contribution in [3.05, 3.63) is 51.8 Å². The number of sulfone groups is 1. The lowest BCUT2D eigenvalue weighted by Gasteiger charge is -2.21. The third kappa shape index (κ3) is 4.51. The van der Waals surface area contributed by atoms with Crippen molar-refractivity contribution in [2.45, 2.75) is 82.8 Å². The average Bonchev–Trinajstić information content (AvgIpc) is 3.17. The summed E-state index contributed by atoms with van der Waals surface area (Å²) in [5.41, 5.74) is 5.37. The molecule has 4 rings (SSSR count). The quantitative estimate of drug-likeness (QED) is 0.652. The van der Waals surface area contributed by atoms with Crippen LogP contribution in [0.2, 0.25) is 0 Å². The molecule has 0 radical (unpaired) electrons. The maximum absolute atomic E-state index is 13.0. The number of hydrogen-bond donors (Lipinski definition) is 1. The van der Waals surface area contributed by atoms with Gasteiger partial charge >= 0.3 is 0 Å². The first-order chi connectivity index (χ1) is 14.5. The van der Waals surface area contributed by atoms with Crippen molar-refractivity contribution in [3.8, 4) is 0 Å². The van der Waals surface area contributed by atoms with Crippen LogP contribution in [0.25, 0.3) is 0 Å². The molecule has 0 aliphatic heterocycles. The Labute approximate surface area is 184 Å². The maximum atomic E-state index is 13.0. The molecular formula is C25H32O5S. The van der Waals surface area contributed by atoms with Crippen molar-refractivity contribution in [1.29, 1.82) is 0 Å². The smallest absolute Gasteiger partial charge is 0.218 e. The largest absolute Gasteiger partial charge is 0.453 e. The first-order valence-corrected chi connectivity index (χ1v) is 12.8. The van der Waals surface area contributed by atoms with Crippen molar-refractivity contribution in [1.82, 2.24) is 0 Å². The van der Waals surface area contributed by atoms with Crippen LogP contribution in [0.15, 0.2) is 27.9 Å². The Balaban J connectivity index is 1.60. The van der Waals surface area contributed by atoms with Crippen LogP contribution < -0.4 is 0 Å². The molecule has 0 amide bonds. The van der Waals surface area contributed by atoms with Gasteiger partial charge in [0.25, 0.3) is 0 Å². The molecule has 1 fully saturated rings. The van der Waals surface area contributed by atoms with Crippen LogP contribution in [0.3, 0.4) is 0 Å². The Morgan fingerprint density at radius 3 is 2.52 bits per heavy atom. The fraction of sp³-hybridized carbons (Fsp3) is 0.560. The van der Waals surface area contributed by atoms with Crippen LogP contribution in [0.5, 0.6) is 0 Å². The van der Waals surface area contributed by atoms with Crippen LogP contribution in [-0.4, -0.2) is 25.1 Å². The molecule has 1 heterocycles. The topological polar surface area (TPSA) is 84.6 Å². The number of carbonyl (C=O) groups excluding carboxylic acids is 1. The van der Waals surface area contributed by atoms with Crippen LogP contribution in [0.4, 0.5) is 0 Å². The van der Waals surface area contributed by atoms with Gasteiger partial charge < -0.3 is 9.52 Å². The Kier molecular flexibility index (Phi) is 5.67. The highest BCUT2D eigenvalue weighted by Gasteiger charge is 2.33. The van der Waals surface area contributed by atoms with Crippen LogP contribution in [0, 0.1) is 12.8 Å². The molecule has 2 aromatic rings. The van der Waals surface area contributed by atoms with Crippen molar-refractivity contribution < 1.29 is 22.7 Å². The predicted octanol–water partition coefficient (Wildman–Crippen LogP) is 4.40. The summed E-state index contributed by atoms with van der Waals surface area (Å²) in [7, 11) is -3.91. The van der Waals surface area contributed by atoms with Gasteiger partial charge in [-0.1, -0.05) is 13.0 Å². The fourth-order valence-electron chi connectivity index (χ4n) is 4.89. The van der Waals surface area contributed by atoms with E-state index in [2.05, 4.69) is 19.9 Å². The summed E-state index contributed by atoms with van der Waals surface area (Å²) >= 11 is 0. The zero-order valence-corrected chi connectivity index (χ0v) is 19.6. The lowest BCUT2D eigenvalue weighted by atomic mass is 9.84. The number of fused-ring (bicyclic) bond motifs is 1. The number of furan rings is 1. The van der Waals surface area contributed by atoms with Gasteiger partial charge in [0.15, 0.2) is 5.78 Å². The van der Waals surface area contributed by atoms with Gasteiger partial charge in [0.05, 0.1) is 11.9 Å². The fourth-order valence-corrected chi connectivity index (χ4v) is 6.06. The second-order valence-electron chi connectivity index (χ2n) is 9.89. The van der Waals surface area contributed by atoms with Crippen molar-refractivity contribution in [2.75, 3.05) is 5.75 Å². The number of ketones is 1. The van der Waals surface area contributed by atoms with Crippen molar-refractivity contribution in [2.24, 2.45) is 5.92 Å². The first-order valence-electron chi connectivity index (χ1n) is 11.2. The lowest BCUT2D eigenvalue weighted by molar-refractivity contribution is -0.116. The Hall–Kier alpha value is -1.92. The number of benzene rings is 1. The van der Waals surface area contributed by atoms with Crippen molar-refractivity contribution in [3.63, 3.8) is 0 Å². The SMILES string of the molecule is Cc1cc([C@H](C)C2CC2)c(CC(=O)CS(=O)(=O)c2cc(C(C)(C)O)co2)c2c1CCC2. The minimum atomic E-state index is -3.91. The van der Waals surface area contributed by atoms with Crippen LogP contribution in [0.1, 0.15) is 79.3 Å². The van der Waals surface area contributed by atoms with E-state index in [1.54, 1.807) is 13.8 Å². The molecule has 2 aliphatic carbocycles. The molecule has 6 heteroatoms. The molecule has 0 bridgehead atoms. The van der Waals surface area contributed by atoms with Crippen molar-refractivity contribution >= 4 is 15.6 Å². The number of rotatable bonds is 8. The second kappa shape index (κ2) is 7.89. The zero-order chi connectivity index (χ0) is 22.6. The summed E-state index contributed by atoms with van der Waals surface area (Å²) in [5.74, 6) is 0.151. The first kappa shape index (κ1) is 22.3. The third-order valence-electron chi connectivity index (χ3n) is 6.91. The minimum Gasteiger partial charge on any atom is -0.453 e. The van der Waals surface area contributed by atoms with E-state index in [0.29, 0.717) is 17.4 Å². The average molecular weight is 445 g/mol. The van der Waals surface area contributed by atoms with Crippen LogP contribution in [-0.2, 0) is 39.5 Å². The molecule has 0 saturated heterocycles. The number of carbonyl (C=O) groups is 1. The zero-order valence-electron chi connectivity index (χ0n) is 18.8. The highest BCUT2D eigenvalue weighted by atomic mass is 32.2. The van der Waals surface area contributed by atoms with E-state index in [1.165, 1.54) is 47.4 Å². The molecular weight excluding hydrogens is 412 g/mol. The van der Waals surface area contributed by atoms with E-state index in [9.17, 15) is 18.3 Å². The molecule has 0 spiro atoms. The monoisotopic (exact) mass is 444 g/mol. The highest BCUT2D eigenvalue weighted by molar-refractivity contribution is 7.92. The Morgan fingerprint density at radius 1 is 1.23 bits per heavy atom. The number of hydrogen-bond acceptors (Lipinski definition) is 5. The number of aryl methyl sites for hydroxylation is 1. The van der Waals surface area contributed by atoms with Gasteiger partial charge in [0.1, 0.15) is 5.75 Å². The van der Waals surface area contributed by atoms with E-state index in [1.807, 2.05) is 0 Å². The molecule has 168 valence electrons. The number of aliphatic hydroxyl groups is 1. The summed E-state index contributed by atoms with van der Waals surface area (Å²) < 4.78 is 30.8. The standard InChI is InChI=1S/C25H32O5S/c1-15-10-22(16(2)17-8-9-17)23(21-7-5-6-20(15)21)12-19(26)14-31(28,29)24-11-18(13-30-24)25(3,4)27/h10-11,13,16-17,27H,5-9,12,14H2,1-4H3/t16-/m1/s1. The lowest BCUT2D eigenvalue weighted by Crippen LogP contribution is -2.20. The molecule has 1 atom stereocenters. The predicted molar refractivity (Wildman–Crippen MR) is 119 cm³/mol. The maximum Gasteiger partial charge on any atom is 0.218 e. The molecule has 1 saturated carbocycles. The van der Waals surface area contributed by atoms with Crippen LogP contribution >= 0.6 is 0 Å². The van der Waals surface area contributed by atoms with E-state index in [-0.39, 0.29) is 17.3 Å². The van der Waals surface area contributed by atoms with Gasteiger partial charge in [0.2, 0.25) is 14.9 Å². The van der Waals surface area contributed by atoms with E-state index in [0.717, 1.165) is 24.8 Å². The molecule has 31 heavy (non-hydrogen) atoms. The van der Waals surface area contributed by atoms with E-state index in [4.69, 9.17) is 4.42 Å². The van der Waals surface area contributed by atoms with Gasteiger partial charge in [-0.25, -0.2) is 8.42 Å². The Bertz CT molecular complexity index is 1110. The van der Waals surface area contributed by atoms with Gasteiger partial charge in [-0.2, -0.15) is 0 Å². The normalized spacial score (nSPS) is 17.6. The van der Waals surface area contributed by atoms with Gasteiger partial charge in [-0.3, -0.25) is 4.79 Å². The summed E-state index contributed by atoms with van der Waals surface area (Å²) in [6.07, 6.45) is 6.91. The van der Waals surface area contributed by atoms with E-state index >= 15 is 0 Å². The second-order valence-corrected chi connectivity index (χ2v) is 11.8. The summed E-state index contributed by atoms with van der Waals surface area (Å²) in [6, 6.07) is 3.55. The Morgan fingerprint density at radius 2 is 1.90 bits per heavy atom. The summed E-state index contributed by atoms with van der Waals surface area (Å²) in [5, 5.41) is 9.80. The van der Waals surface area contributed by atoms with Gasteiger partial charge in [-0.15, -0.1) is 0 Å². The number of Topliss-reactive ketones (excluding diaryl/α,β-unsaturated/α-hetero) is 1. The molecule has 1 aromatic carbocycles.